The Hall–Kier alpha value is -3.76. The minimum atomic E-state index is -3.39. The molecule has 4 aromatic rings. The molecule has 37 heavy (non-hydrogen) atoms. The van der Waals surface area contributed by atoms with E-state index < -0.39 is 10.1 Å². The quantitative estimate of drug-likeness (QED) is 0.216. The Morgan fingerprint density at radius 1 is 0.973 bits per heavy atom. The zero-order valence-electron chi connectivity index (χ0n) is 21.0. The van der Waals surface area contributed by atoms with Crippen LogP contribution < -0.4 is 5.32 Å². The van der Waals surface area contributed by atoms with Gasteiger partial charge in [-0.05, 0) is 49.1 Å². The first kappa shape index (κ1) is 26.3. The van der Waals surface area contributed by atoms with Crippen LogP contribution in [0.15, 0.2) is 73.2 Å². The topological polar surface area (TPSA) is 108 Å². The number of hydrogen-bond acceptors (Lipinski definition) is 6. The number of aromatic nitrogens is 4. The summed E-state index contributed by atoms with van der Waals surface area (Å²) in [5.41, 5.74) is 4.15. The maximum absolute atomic E-state index is 13.2. The Kier molecular flexibility index (Phi) is 8.52. The Morgan fingerprint density at radius 3 is 2.49 bits per heavy atom. The molecule has 0 atom stereocenters. The molecule has 0 saturated heterocycles. The molecule has 0 unspecified atom stereocenters. The van der Waals surface area contributed by atoms with Crippen LogP contribution in [0.2, 0.25) is 0 Å². The van der Waals surface area contributed by atoms with Gasteiger partial charge in [0.1, 0.15) is 0 Å². The van der Waals surface area contributed by atoms with Gasteiger partial charge in [-0.3, -0.25) is 23.5 Å². The van der Waals surface area contributed by atoms with Crippen molar-refractivity contribution in [1.29, 1.82) is 0 Å². The van der Waals surface area contributed by atoms with E-state index >= 15 is 0 Å². The van der Waals surface area contributed by atoms with Gasteiger partial charge in [0.2, 0.25) is 5.95 Å². The van der Waals surface area contributed by atoms with Gasteiger partial charge >= 0.3 is 0 Å². The second kappa shape index (κ2) is 12.0. The number of imidazole rings is 1. The predicted octanol–water partition coefficient (Wildman–Crippen LogP) is 4.60. The van der Waals surface area contributed by atoms with Crippen LogP contribution in [-0.4, -0.2) is 46.5 Å². The number of hydrogen-bond donors (Lipinski definition) is 1. The molecule has 0 aliphatic carbocycles. The fourth-order valence-electron chi connectivity index (χ4n) is 3.98. The van der Waals surface area contributed by atoms with Crippen molar-refractivity contribution >= 4 is 22.0 Å². The summed E-state index contributed by atoms with van der Waals surface area (Å²) in [7, 11) is -1.53. The molecule has 10 heteroatoms. The SMILES string of the molecule is Cn1cc(-c2cccc(C(=O)Nc3nc(CCCCCCOS(C)(=O)=O)cn3-c3ccccc3)c2)cn1. The molecule has 0 radical (unpaired) electrons. The number of carbonyl (C=O) groups excluding carboxylic acids is 1. The van der Waals surface area contributed by atoms with Crippen LogP contribution in [0.4, 0.5) is 5.95 Å². The summed E-state index contributed by atoms with van der Waals surface area (Å²) in [6, 6.07) is 17.2. The Labute approximate surface area is 217 Å². The van der Waals surface area contributed by atoms with Crippen LogP contribution >= 0.6 is 0 Å². The molecule has 0 saturated carbocycles. The number of amides is 1. The average Bonchev–Trinajstić information content (AvgIpc) is 3.49. The van der Waals surface area contributed by atoms with Gasteiger partial charge in [0.25, 0.3) is 16.0 Å². The number of unbranched alkanes of at least 4 members (excludes halogenated alkanes) is 3. The highest BCUT2D eigenvalue weighted by Gasteiger charge is 2.15. The van der Waals surface area contributed by atoms with Crippen LogP contribution in [0.5, 0.6) is 0 Å². The highest BCUT2D eigenvalue weighted by atomic mass is 32.2. The first-order valence-electron chi connectivity index (χ1n) is 12.2. The smallest absolute Gasteiger partial charge is 0.264 e. The number of rotatable bonds is 12. The van der Waals surface area contributed by atoms with Gasteiger partial charge in [-0.1, -0.05) is 43.2 Å². The fraction of sp³-hybridized carbons (Fsp3) is 0.296. The molecule has 2 aromatic carbocycles. The van der Waals surface area contributed by atoms with Gasteiger partial charge in [0, 0.05) is 36.3 Å². The second-order valence-corrected chi connectivity index (χ2v) is 10.5. The number of nitrogens with one attached hydrogen (secondary N) is 1. The van der Waals surface area contributed by atoms with Crippen molar-refractivity contribution in [3.05, 3.63) is 84.4 Å². The van der Waals surface area contributed by atoms with Crippen molar-refractivity contribution < 1.29 is 17.4 Å². The molecule has 0 aliphatic rings. The number of benzene rings is 2. The molecule has 0 spiro atoms. The van der Waals surface area contributed by atoms with E-state index in [0.29, 0.717) is 17.9 Å². The van der Waals surface area contributed by atoms with E-state index in [-0.39, 0.29) is 12.5 Å². The van der Waals surface area contributed by atoms with Crippen LogP contribution in [0.1, 0.15) is 41.7 Å². The average molecular weight is 522 g/mol. The molecule has 1 N–H and O–H groups in total. The lowest BCUT2D eigenvalue weighted by molar-refractivity contribution is 0.102. The largest absolute Gasteiger partial charge is 0.292 e. The molecular formula is C27H31N5O4S. The minimum Gasteiger partial charge on any atom is -0.292 e. The first-order valence-corrected chi connectivity index (χ1v) is 14.0. The zero-order valence-corrected chi connectivity index (χ0v) is 21.8. The van der Waals surface area contributed by atoms with Crippen molar-refractivity contribution in [3.63, 3.8) is 0 Å². The van der Waals surface area contributed by atoms with Gasteiger partial charge < -0.3 is 0 Å². The molecule has 9 nitrogen and oxygen atoms in total. The summed E-state index contributed by atoms with van der Waals surface area (Å²) in [5, 5.41) is 7.19. The molecule has 194 valence electrons. The molecule has 2 heterocycles. The molecule has 0 bridgehead atoms. The van der Waals surface area contributed by atoms with Crippen LogP contribution in [-0.2, 0) is 27.8 Å². The van der Waals surface area contributed by atoms with Crippen molar-refractivity contribution in [2.75, 3.05) is 18.2 Å². The van der Waals surface area contributed by atoms with Crippen molar-refractivity contribution in [2.24, 2.45) is 7.05 Å². The molecule has 0 fully saturated rings. The maximum Gasteiger partial charge on any atom is 0.264 e. The van der Waals surface area contributed by atoms with Crippen LogP contribution in [0, 0.1) is 0 Å². The monoisotopic (exact) mass is 521 g/mol. The van der Waals surface area contributed by atoms with Crippen molar-refractivity contribution in [2.45, 2.75) is 32.1 Å². The number of carbonyl (C=O) groups is 1. The summed E-state index contributed by atoms with van der Waals surface area (Å²) in [6.45, 7) is 0.208. The summed E-state index contributed by atoms with van der Waals surface area (Å²) in [4.78, 5) is 17.9. The highest BCUT2D eigenvalue weighted by Crippen LogP contribution is 2.22. The fourth-order valence-corrected chi connectivity index (χ4v) is 4.40. The standard InChI is InChI=1S/C27H31N5O4S/c1-31-19-23(18-28-31)21-11-10-12-22(17-21)26(33)30-27-29-24(20-32(27)25-14-7-5-8-15-25)13-6-3-4-9-16-36-37(2,34)35/h5,7-8,10-12,14-15,17-20H,3-4,6,9,13,16H2,1-2H3,(H,29,30,33). The molecule has 1 amide bonds. The number of aryl methyl sites for hydroxylation is 2. The van der Waals surface area contributed by atoms with Crippen LogP contribution in [0.25, 0.3) is 16.8 Å². The Bertz CT molecular complexity index is 1440. The van der Waals surface area contributed by atoms with E-state index in [9.17, 15) is 13.2 Å². The normalized spacial score (nSPS) is 11.5. The lowest BCUT2D eigenvalue weighted by Crippen LogP contribution is -2.15. The molecule has 4 rings (SSSR count). The summed E-state index contributed by atoms with van der Waals surface area (Å²) in [6.07, 6.45) is 10.8. The number of anilines is 1. The van der Waals surface area contributed by atoms with Gasteiger partial charge in [-0.25, -0.2) is 4.98 Å². The van der Waals surface area contributed by atoms with E-state index in [2.05, 4.69) is 10.4 Å². The number of nitrogens with zero attached hydrogens (tertiary/aromatic N) is 4. The van der Waals surface area contributed by atoms with Crippen molar-refractivity contribution in [1.82, 2.24) is 19.3 Å². The van der Waals surface area contributed by atoms with E-state index in [1.165, 1.54) is 0 Å². The van der Waals surface area contributed by atoms with Gasteiger partial charge in [-0.2, -0.15) is 13.5 Å². The Morgan fingerprint density at radius 2 is 1.76 bits per heavy atom. The lowest BCUT2D eigenvalue weighted by Gasteiger charge is -2.09. The third-order valence-electron chi connectivity index (χ3n) is 5.80. The van der Waals surface area contributed by atoms with Gasteiger partial charge in [0.05, 0.1) is 24.8 Å². The first-order chi connectivity index (χ1) is 17.8. The zero-order chi connectivity index (χ0) is 26.3. The third kappa shape index (κ3) is 7.61. The summed E-state index contributed by atoms with van der Waals surface area (Å²) < 4.78 is 30.5. The summed E-state index contributed by atoms with van der Waals surface area (Å²) in [5.74, 6) is 0.213. The van der Waals surface area contributed by atoms with Crippen molar-refractivity contribution in [3.8, 4) is 16.8 Å². The maximum atomic E-state index is 13.2. The molecular weight excluding hydrogens is 490 g/mol. The van der Waals surface area contributed by atoms with Gasteiger partial charge in [0.15, 0.2) is 0 Å². The van der Waals surface area contributed by atoms with E-state index in [1.807, 2.05) is 72.5 Å². The van der Waals surface area contributed by atoms with E-state index in [0.717, 1.165) is 54.4 Å². The Balaban J connectivity index is 1.43. The van der Waals surface area contributed by atoms with E-state index in [4.69, 9.17) is 9.17 Å². The summed E-state index contributed by atoms with van der Waals surface area (Å²) >= 11 is 0. The highest BCUT2D eigenvalue weighted by molar-refractivity contribution is 7.85. The molecule has 0 aliphatic heterocycles. The van der Waals surface area contributed by atoms with Crippen LogP contribution in [0.3, 0.4) is 0 Å². The minimum absolute atomic E-state index is 0.208. The van der Waals surface area contributed by atoms with Gasteiger partial charge in [-0.15, -0.1) is 0 Å². The third-order valence-corrected chi connectivity index (χ3v) is 6.40. The predicted molar refractivity (Wildman–Crippen MR) is 143 cm³/mol. The molecule has 2 aromatic heterocycles. The number of para-hydroxylation sites is 1. The van der Waals surface area contributed by atoms with E-state index in [1.54, 1.807) is 16.9 Å². The lowest BCUT2D eigenvalue weighted by atomic mass is 10.1. The second-order valence-electron chi connectivity index (χ2n) is 8.89.